The van der Waals surface area contributed by atoms with E-state index >= 15 is 0 Å². The third-order valence-electron chi connectivity index (χ3n) is 2.41. The van der Waals surface area contributed by atoms with Crippen molar-refractivity contribution in [2.24, 2.45) is 5.73 Å². The van der Waals surface area contributed by atoms with Crippen LogP contribution in [-0.4, -0.2) is 56.0 Å². The Hall–Kier alpha value is -0.230. The molecule has 0 radical (unpaired) electrons. The van der Waals surface area contributed by atoms with Gasteiger partial charge in [0.05, 0.1) is 18.2 Å². The fraction of sp³-hybridized carbons (Fsp3) is 0.917. The van der Waals surface area contributed by atoms with Crippen LogP contribution in [0.1, 0.15) is 26.7 Å². The van der Waals surface area contributed by atoms with Gasteiger partial charge in [-0.1, -0.05) is 12.2 Å². The van der Waals surface area contributed by atoms with Crippen LogP contribution in [0.2, 0.25) is 0 Å². The Morgan fingerprint density at radius 1 is 1.06 bits per heavy atom. The average molecular weight is 262 g/mol. The summed E-state index contributed by atoms with van der Waals surface area (Å²) in [5.41, 5.74) is 5.49. The summed E-state index contributed by atoms with van der Waals surface area (Å²) in [7, 11) is 0. The molecule has 0 aliphatic heterocycles. The van der Waals surface area contributed by atoms with E-state index in [1.165, 1.54) is 0 Å². The SMILES string of the molecule is CCOCCN(CCCC(N)=S)CCOCC. The van der Waals surface area contributed by atoms with Crippen LogP contribution in [0, 0.1) is 0 Å². The van der Waals surface area contributed by atoms with Gasteiger partial charge in [0, 0.05) is 26.3 Å². The minimum Gasteiger partial charge on any atom is -0.393 e. The molecule has 0 saturated carbocycles. The minimum absolute atomic E-state index is 0.597. The Morgan fingerprint density at radius 3 is 2.00 bits per heavy atom. The third-order valence-corrected chi connectivity index (χ3v) is 2.61. The first-order chi connectivity index (χ1) is 8.20. The smallest absolute Gasteiger partial charge is 0.0727 e. The number of hydrogen-bond acceptors (Lipinski definition) is 4. The Kier molecular flexibility index (Phi) is 12.1. The van der Waals surface area contributed by atoms with Crippen LogP contribution in [0.3, 0.4) is 0 Å². The number of nitrogens with zero attached hydrogens (tertiary/aromatic N) is 1. The molecule has 0 unspecified atom stereocenters. The van der Waals surface area contributed by atoms with E-state index in [1.54, 1.807) is 0 Å². The van der Waals surface area contributed by atoms with Crippen molar-refractivity contribution in [3.05, 3.63) is 0 Å². The average Bonchev–Trinajstić information content (AvgIpc) is 2.28. The highest BCUT2D eigenvalue weighted by molar-refractivity contribution is 7.80. The van der Waals surface area contributed by atoms with Gasteiger partial charge in [-0.25, -0.2) is 0 Å². The highest BCUT2D eigenvalue weighted by atomic mass is 32.1. The van der Waals surface area contributed by atoms with Gasteiger partial charge in [-0.05, 0) is 33.2 Å². The second-order valence-electron chi connectivity index (χ2n) is 3.81. The lowest BCUT2D eigenvalue weighted by molar-refractivity contribution is 0.0826. The molecule has 2 N–H and O–H groups in total. The van der Waals surface area contributed by atoms with Crippen LogP contribution < -0.4 is 5.73 Å². The highest BCUT2D eigenvalue weighted by Gasteiger charge is 2.04. The summed E-state index contributed by atoms with van der Waals surface area (Å²) in [5.74, 6) is 0. The van der Waals surface area contributed by atoms with Gasteiger partial charge in [0.1, 0.15) is 0 Å². The highest BCUT2D eigenvalue weighted by Crippen LogP contribution is 1.96. The zero-order valence-electron chi connectivity index (χ0n) is 11.1. The van der Waals surface area contributed by atoms with Crippen molar-refractivity contribution >= 4 is 17.2 Å². The summed E-state index contributed by atoms with van der Waals surface area (Å²) < 4.78 is 10.7. The van der Waals surface area contributed by atoms with Crippen molar-refractivity contribution in [2.45, 2.75) is 26.7 Å². The van der Waals surface area contributed by atoms with Crippen LogP contribution in [0.5, 0.6) is 0 Å². The minimum atomic E-state index is 0.597. The molecule has 5 heteroatoms. The lowest BCUT2D eigenvalue weighted by atomic mass is 10.3. The van der Waals surface area contributed by atoms with Crippen molar-refractivity contribution < 1.29 is 9.47 Å². The van der Waals surface area contributed by atoms with E-state index in [4.69, 9.17) is 27.4 Å². The largest absolute Gasteiger partial charge is 0.393 e. The monoisotopic (exact) mass is 262 g/mol. The quantitative estimate of drug-likeness (QED) is 0.426. The molecule has 0 aromatic carbocycles. The zero-order valence-corrected chi connectivity index (χ0v) is 11.9. The molecule has 4 nitrogen and oxygen atoms in total. The van der Waals surface area contributed by atoms with Gasteiger partial charge in [-0.3, -0.25) is 4.90 Å². The second-order valence-corrected chi connectivity index (χ2v) is 4.33. The molecular formula is C12H26N2O2S. The Morgan fingerprint density at radius 2 is 1.59 bits per heavy atom. The molecule has 0 heterocycles. The molecule has 0 bridgehead atoms. The Bertz CT molecular complexity index is 181. The van der Waals surface area contributed by atoms with Crippen molar-refractivity contribution in [2.75, 3.05) is 46.1 Å². The van der Waals surface area contributed by atoms with E-state index in [1.807, 2.05) is 13.8 Å². The predicted octanol–water partition coefficient (Wildman–Crippen LogP) is 1.43. The van der Waals surface area contributed by atoms with Crippen LogP contribution in [-0.2, 0) is 9.47 Å². The van der Waals surface area contributed by atoms with E-state index < -0.39 is 0 Å². The zero-order chi connectivity index (χ0) is 12.9. The molecule has 0 amide bonds. The first-order valence-corrected chi connectivity index (χ1v) is 6.77. The molecule has 0 fully saturated rings. The number of nitrogens with two attached hydrogens (primary N) is 1. The van der Waals surface area contributed by atoms with E-state index in [2.05, 4.69) is 4.90 Å². The van der Waals surface area contributed by atoms with Crippen molar-refractivity contribution in [3.63, 3.8) is 0 Å². The number of thiocarbonyl (C=S) groups is 1. The summed E-state index contributed by atoms with van der Waals surface area (Å²) in [5, 5.41) is 0. The van der Waals surface area contributed by atoms with Crippen LogP contribution >= 0.6 is 12.2 Å². The normalized spacial score (nSPS) is 11.0. The molecule has 0 saturated heterocycles. The van der Waals surface area contributed by atoms with Crippen molar-refractivity contribution in [1.29, 1.82) is 0 Å². The summed E-state index contributed by atoms with van der Waals surface area (Å²) >= 11 is 4.87. The van der Waals surface area contributed by atoms with Gasteiger partial charge >= 0.3 is 0 Å². The molecule has 0 aromatic rings. The second kappa shape index (κ2) is 12.2. The topological polar surface area (TPSA) is 47.7 Å². The van der Waals surface area contributed by atoms with Crippen LogP contribution in [0.15, 0.2) is 0 Å². The fourth-order valence-electron chi connectivity index (χ4n) is 1.49. The molecule has 102 valence electrons. The van der Waals surface area contributed by atoms with Gasteiger partial charge in [0.15, 0.2) is 0 Å². The molecule has 0 atom stereocenters. The van der Waals surface area contributed by atoms with Gasteiger partial charge in [-0.15, -0.1) is 0 Å². The summed E-state index contributed by atoms with van der Waals surface area (Å²) in [6.45, 7) is 9.99. The lowest BCUT2D eigenvalue weighted by Gasteiger charge is -2.21. The molecular weight excluding hydrogens is 236 g/mol. The first-order valence-electron chi connectivity index (χ1n) is 6.36. The molecule has 0 spiro atoms. The summed E-state index contributed by atoms with van der Waals surface area (Å²) in [6.07, 6.45) is 1.82. The van der Waals surface area contributed by atoms with Crippen molar-refractivity contribution in [1.82, 2.24) is 4.90 Å². The van der Waals surface area contributed by atoms with Crippen molar-refractivity contribution in [3.8, 4) is 0 Å². The van der Waals surface area contributed by atoms with E-state index in [-0.39, 0.29) is 0 Å². The summed E-state index contributed by atoms with van der Waals surface area (Å²) in [6, 6.07) is 0. The molecule has 0 aliphatic rings. The maximum atomic E-state index is 5.49. The maximum absolute atomic E-state index is 5.49. The third kappa shape index (κ3) is 12.0. The number of hydrogen-bond donors (Lipinski definition) is 1. The number of rotatable bonds is 12. The predicted molar refractivity (Wildman–Crippen MR) is 75.4 cm³/mol. The van der Waals surface area contributed by atoms with Gasteiger partial charge in [0.2, 0.25) is 0 Å². The Balaban J connectivity index is 3.71. The number of ether oxygens (including phenoxy) is 2. The molecule has 0 aromatic heterocycles. The molecule has 0 aliphatic carbocycles. The lowest BCUT2D eigenvalue weighted by Crippen LogP contribution is -2.32. The van der Waals surface area contributed by atoms with Gasteiger partial charge < -0.3 is 15.2 Å². The van der Waals surface area contributed by atoms with Crippen LogP contribution in [0.4, 0.5) is 0 Å². The first kappa shape index (κ1) is 16.8. The van der Waals surface area contributed by atoms with Gasteiger partial charge in [0.25, 0.3) is 0 Å². The fourth-order valence-corrected chi connectivity index (χ4v) is 1.63. The molecule has 0 rings (SSSR count). The molecule has 17 heavy (non-hydrogen) atoms. The van der Waals surface area contributed by atoms with E-state index in [9.17, 15) is 0 Å². The van der Waals surface area contributed by atoms with E-state index in [0.717, 1.165) is 58.9 Å². The van der Waals surface area contributed by atoms with Gasteiger partial charge in [-0.2, -0.15) is 0 Å². The standard InChI is InChI=1S/C12H26N2O2S/c1-3-15-10-8-14(9-11-16-4-2)7-5-6-12(13)17/h3-11H2,1-2H3,(H2,13,17). The Labute approximate surface area is 110 Å². The van der Waals surface area contributed by atoms with E-state index in [0.29, 0.717) is 4.99 Å². The maximum Gasteiger partial charge on any atom is 0.0727 e. The van der Waals surface area contributed by atoms with Crippen LogP contribution in [0.25, 0.3) is 0 Å². The summed E-state index contributed by atoms with van der Waals surface area (Å²) in [4.78, 5) is 2.93.